The van der Waals surface area contributed by atoms with E-state index in [1.54, 1.807) is 0 Å². The Balaban J connectivity index is 2.24. The Hall–Kier alpha value is -2.02. The molecular weight excluding hydrogens is 353 g/mol. The smallest absolute Gasteiger partial charge is 0.335 e. The third-order valence-corrected chi connectivity index (χ3v) is 3.12. The number of ether oxygens (including phenoxy) is 1. The van der Waals surface area contributed by atoms with Gasteiger partial charge in [0.25, 0.3) is 0 Å². The van der Waals surface area contributed by atoms with Gasteiger partial charge in [0, 0.05) is 10.0 Å². The molecule has 0 bridgehead atoms. The van der Waals surface area contributed by atoms with Gasteiger partial charge in [0.05, 0.1) is 5.56 Å². The molecule has 0 fully saturated rings. The minimum atomic E-state index is -1.46. The second-order valence-corrected chi connectivity index (χ2v) is 5.01. The number of hydrogen-bond donors (Lipinski definition) is 1. The van der Waals surface area contributed by atoms with Crippen molar-refractivity contribution in [3.8, 4) is 5.75 Å². The number of carbonyl (C=O) groups is 1. The Morgan fingerprint density at radius 1 is 1.10 bits per heavy atom. The molecule has 0 atom stereocenters. The van der Waals surface area contributed by atoms with Crippen molar-refractivity contribution >= 4 is 21.9 Å². The fourth-order valence-electron chi connectivity index (χ4n) is 1.63. The molecule has 0 heterocycles. The van der Waals surface area contributed by atoms with E-state index < -0.39 is 41.3 Å². The van der Waals surface area contributed by atoms with Crippen molar-refractivity contribution < 1.29 is 27.8 Å². The summed E-state index contributed by atoms with van der Waals surface area (Å²) in [5.74, 6) is -5.12. The van der Waals surface area contributed by atoms with Crippen LogP contribution in [0.1, 0.15) is 15.9 Å². The van der Waals surface area contributed by atoms with Gasteiger partial charge in [-0.3, -0.25) is 0 Å². The van der Waals surface area contributed by atoms with Crippen LogP contribution in [0.3, 0.4) is 0 Å². The molecule has 7 heteroatoms. The summed E-state index contributed by atoms with van der Waals surface area (Å²) in [7, 11) is 0. The summed E-state index contributed by atoms with van der Waals surface area (Å²) in [4.78, 5) is 10.6. The van der Waals surface area contributed by atoms with Gasteiger partial charge in [0.1, 0.15) is 12.4 Å². The van der Waals surface area contributed by atoms with Crippen LogP contribution in [0.25, 0.3) is 0 Å². The van der Waals surface area contributed by atoms with E-state index in [9.17, 15) is 18.0 Å². The second-order valence-electron chi connectivity index (χ2n) is 4.10. The van der Waals surface area contributed by atoms with Crippen molar-refractivity contribution in [2.75, 3.05) is 0 Å². The standard InChI is InChI=1S/C14H8BrF3O3/c15-9-1-2-10(16)8(3-9)6-21-13-11(17)4-7(14(19)20)5-12(13)18/h1-5H,6H2,(H,19,20). The minimum Gasteiger partial charge on any atom is -0.483 e. The van der Waals surface area contributed by atoms with Crippen LogP contribution in [-0.4, -0.2) is 11.1 Å². The molecule has 3 nitrogen and oxygen atoms in total. The number of benzene rings is 2. The van der Waals surface area contributed by atoms with E-state index in [4.69, 9.17) is 9.84 Å². The molecular formula is C14H8BrF3O3. The normalized spacial score (nSPS) is 10.5. The van der Waals surface area contributed by atoms with Crippen LogP contribution in [0.15, 0.2) is 34.8 Å². The molecule has 110 valence electrons. The lowest BCUT2D eigenvalue weighted by Gasteiger charge is -2.10. The van der Waals surface area contributed by atoms with Crippen molar-refractivity contribution in [3.63, 3.8) is 0 Å². The molecule has 0 spiro atoms. The summed E-state index contributed by atoms with van der Waals surface area (Å²) in [5.41, 5.74) is -0.434. The van der Waals surface area contributed by atoms with Gasteiger partial charge in [-0.25, -0.2) is 18.0 Å². The van der Waals surface area contributed by atoms with Crippen molar-refractivity contribution in [2.45, 2.75) is 6.61 Å². The monoisotopic (exact) mass is 360 g/mol. The first-order chi connectivity index (χ1) is 9.88. The molecule has 21 heavy (non-hydrogen) atoms. The first-order valence-electron chi connectivity index (χ1n) is 5.67. The van der Waals surface area contributed by atoms with Gasteiger partial charge < -0.3 is 9.84 Å². The Morgan fingerprint density at radius 2 is 1.71 bits per heavy atom. The summed E-state index contributed by atoms with van der Waals surface area (Å²) in [6.45, 7) is -0.397. The number of aromatic carboxylic acids is 1. The van der Waals surface area contributed by atoms with Gasteiger partial charge in [0.2, 0.25) is 0 Å². The van der Waals surface area contributed by atoms with Gasteiger partial charge in [-0.1, -0.05) is 15.9 Å². The van der Waals surface area contributed by atoms with Crippen molar-refractivity contribution in [1.82, 2.24) is 0 Å². The van der Waals surface area contributed by atoms with Gasteiger partial charge in [-0.15, -0.1) is 0 Å². The van der Waals surface area contributed by atoms with E-state index in [1.807, 2.05) is 0 Å². The van der Waals surface area contributed by atoms with Crippen molar-refractivity contribution in [1.29, 1.82) is 0 Å². The van der Waals surface area contributed by atoms with Gasteiger partial charge >= 0.3 is 5.97 Å². The lowest BCUT2D eigenvalue weighted by molar-refractivity contribution is 0.0695. The molecule has 0 aliphatic rings. The zero-order valence-electron chi connectivity index (χ0n) is 10.4. The first-order valence-corrected chi connectivity index (χ1v) is 6.47. The minimum absolute atomic E-state index is 0.102. The third kappa shape index (κ3) is 3.55. The number of carboxylic acids is 1. The highest BCUT2D eigenvalue weighted by Gasteiger charge is 2.16. The van der Waals surface area contributed by atoms with Crippen LogP contribution in [0.5, 0.6) is 5.75 Å². The molecule has 2 aromatic carbocycles. The van der Waals surface area contributed by atoms with E-state index in [0.29, 0.717) is 16.6 Å². The summed E-state index contributed by atoms with van der Waals surface area (Å²) in [6, 6.07) is 5.34. The molecule has 0 saturated carbocycles. The lowest BCUT2D eigenvalue weighted by atomic mass is 10.2. The lowest BCUT2D eigenvalue weighted by Crippen LogP contribution is -2.05. The average molecular weight is 361 g/mol. The molecule has 0 aromatic heterocycles. The largest absolute Gasteiger partial charge is 0.483 e. The summed E-state index contributed by atoms with van der Waals surface area (Å²) in [6.07, 6.45) is 0. The fraction of sp³-hybridized carbons (Fsp3) is 0.0714. The molecule has 0 amide bonds. The van der Waals surface area contributed by atoms with Crippen LogP contribution in [0, 0.1) is 17.5 Å². The van der Waals surface area contributed by atoms with Gasteiger partial charge in [0.15, 0.2) is 17.4 Å². The third-order valence-electron chi connectivity index (χ3n) is 2.63. The maximum absolute atomic E-state index is 13.6. The highest BCUT2D eigenvalue weighted by atomic mass is 79.9. The second kappa shape index (κ2) is 6.17. The van der Waals surface area contributed by atoms with E-state index in [2.05, 4.69) is 15.9 Å². The number of carboxylic acid groups (broad SMARTS) is 1. The van der Waals surface area contributed by atoms with Gasteiger partial charge in [-0.05, 0) is 30.3 Å². The first kappa shape index (κ1) is 15.4. The molecule has 0 radical (unpaired) electrons. The predicted octanol–water partition coefficient (Wildman–Crippen LogP) is 4.14. The zero-order chi connectivity index (χ0) is 15.6. The average Bonchev–Trinajstić information content (AvgIpc) is 2.41. The Labute approximate surface area is 126 Å². The van der Waals surface area contributed by atoms with E-state index >= 15 is 0 Å². The SMILES string of the molecule is O=C(O)c1cc(F)c(OCc2cc(Br)ccc2F)c(F)c1. The van der Waals surface area contributed by atoms with Crippen LogP contribution < -0.4 is 4.74 Å². The quantitative estimate of drug-likeness (QED) is 0.890. The number of rotatable bonds is 4. The van der Waals surface area contributed by atoms with Crippen molar-refractivity contribution in [3.05, 3.63) is 63.4 Å². The van der Waals surface area contributed by atoms with Crippen LogP contribution in [0.4, 0.5) is 13.2 Å². The van der Waals surface area contributed by atoms with Crippen molar-refractivity contribution in [2.24, 2.45) is 0 Å². The maximum Gasteiger partial charge on any atom is 0.335 e. The predicted molar refractivity (Wildman–Crippen MR) is 71.7 cm³/mol. The molecule has 0 unspecified atom stereocenters. The fourth-order valence-corrected chi connectivity index (χ4v) is 2.03. The van der Waals surface area contributed by atoms with E-state index in [0.717, 1.165) is 0 Å². The van der Waals surface area contributed by atoms with Crippen LogP contribution in [0.2, 0.25) is 0 Å². The van der Waals surface area contributed by atoms with Crippen LogP contribution >= 0.6 is 15.9 Å². The zero-order valence-corrected chi connectivity index (χ0v) is 12.0. The summed E-state index contributed by atoms with van der Waals surface area (Å²) < 4.78 is 46.2. The Morgan fingerprint density at radius 3 is 2.29 bits per heavy atom. The highest BCUT2D eigenvalue weighted by Crippen LogP contribution is 2.25. The summed E-state index contributed by atoms with van der Waals surface area (Å²) in [5, 5.41) is 8.67. The molecule has 0 saturated heterocycles. The van der Waals surface area contributed by atoms with E-state index in [-0.39, 0.29) is 5.56 Å². The summed E-state index contributed by atoms with van der Waals surface area (Å²) >= 11 is 3.14. The Kier molecular flexibility index (Phi) is 4.52. The van der Waals surface area contributed by atoms with E-state index in [1.165, 1.54) is 18.2 Å². The Bertz CT molecular complexity index is 681. The number of hydrogen-bond acceptors (Lipinski definition) is 2. The highest BCUT2D eigenvalue weighted by molar-refractivity contribution is 9.10. The van der Waals surface area contributed by atoms with Crippen LogP contribution in [-0.2, 0) is 6.61 Å². The molecule has 2 rings (SSSR count). The molecule has 2 aromatic rings. The molecule has 1 N–H and O–H groups in total. The molecule has 0 aliphatic heterocycles. The van der Waals surface area contributed by atoms with Gasteiger partial charge in [-0.2, -0.15) is 0 Å². The number of halogens is 4. The topological polar surface area (TPSA) is 46.5 Å². The maximum atomic E-state index is 13.6. The molecule has 0 aliphatic carbocycles.